The molecule has 1 aliphatic heterocycles. The number of pyridine rings is 1. The summed E-state index contributed by atoms with van der Waals surface area (Å²) >= 11 is 0. The molecule has 0 spiro atoms. The van der Waals surface area contributed by atoms with Crippen LogP contribution < -0.4 is 10.9 Å². The van der Waals surface area contributed by atoms with Crippen molar-refractivity contribution in [1.29, 1.82) is 0 Å². The van der Waals surface area contributed by atoms with Crippen molar-refractivity contribution in [2.45, 2.75) is 39.3 Å². The predicted octanol–water partition coefficient (Wildman–Crippen LogP) is 4.35. The summed E-state index contributed by atoms with van der Waals surface area (Å²) in [6.07, 6.45) is 2.21. The smallest absolute Gasteiger partial charge is 0.322 e. The van der Waals surface area contributed by atoms with E-state index < -0.39 is 0 Å². The van der Waals surface area contributed by atoms with Gasteiger partial charge in [0.15, 0.2) is 0 Å². The van der Waals surface area contributed by atoms with Crippen molar-refractivity contribution in [3.63, 3.8) is 0 Å². The first-order valence-corrected chi connectivity index (χ1v) is 11.0. The number of para-hydroxylation sites is 1. The molecular formula is C25H30N4O2. The van der Waals surface area contributed by atoms with Crippen molar-refractivity contribution < 1.29 is 4.79 Å². The molecule has 0 bridgehead atoms. The van der Waals surface area contributed by atoms with E-state index in [2.05, 4.69) is 28.2 Å². The van der Waals surface area contributed by atoms with Crippen LogP contribution in [0.1, 0.15) is 30.9 Å². The first-order chi connectivity index (χ1) is 15.0. The number of carbonyl (C=O) groups excluding carboxylic acids is 1. The quantitative estimate of drug-likeness (QED) is 0.625. The van der Waals surface area contributed by atoms with Crippen molar-refractivity contribution in [2.24, 2.45) is 0 Å². The number of anilines is 1. The van der Waals surface area contributed by atoms with E-state index in [4.69, 9.17) is 0 Å². The highest BCUT2D eigenvalue weighted by atomic mass is 16.2. The average Bonchev–Trinajstić information content (AvgIpc) is 3.22. The zero-order valence-corrected chi connectivity index (χ0v) is 18.2. The highest BCUT2D eigenvalue weighted by molar-refractivity contribution is 5.89. The second-order valence-corrected chi connectivity index (χ2v) is 8.32. The lowest BCUT2D eigenvalue weighted by molar-refractivity contribution is 0.174. The Balaban J connectivity index is 1.61. The number of aromatic nitrogens is 1. The Bertz CT molecular complexity index is 1110. The molecule has 0 unspecified atom stereocenters. The van der Waals surface area contributed by atoms with Crippen LogP contribution in [0.25, 0.3) is 10.9 Å². The first kappa shape index (κ1) is 21.1. The van der Waals surface area contributed by atoms with Gasteiger partial charge in [0.05, 0.1) is 6.54 Å². The summed E-state index contributed by atoms with van der Waals surface area (Å²) in [6, 6.07) is 17.5. The van der Waals surface area contributed by atoms with Crippen LogP contribution in [0.4, 0.5) is 10.5 Å². The van der Waals surface area contributed by atoms with Crippen LogP contribution in [0.3, 0.4) is 0 Å². The molecule has 1 saturated heterocycles. The number of benzene rings is 2. The van der Waals surface area contributed by atoms with Gasteiger partial charge in [0, 0.05) is 29.4 Å². The van der Waals surface area contributed by atoms with Crippen LogP contribution in [0.5, 0.6) is 0 Å². The number of hydrogen-bond donors (Lipinski definition) is 2. The van der Waals surface area contributed by atoms with E-state index in [1.165, 1.54) is 0 Å². The Hall–Kier alpha value is -3.12. The van der Waals surface area contributed by atoms with E-state index in [1.54, 1.807) is 4.90 Å². The summed E-state index contributed by atoms with van der Waals surface area (Å²) in [6.45, 7) is 7.08. The van der Waals surface area contributed by atoms with Crippen LogP contribution in [0, 0.1) is 6.92 Å². The number of aryl methyl sites for hydroxylation is 1. The normalized spacial score (nSPS) is 16.5. The lowest BCUT2D eigenvalue weighted by Gasteiger charge is -2.30. The maximum atomic E-state index is 13.2. The average molecular weight is 419 g/mol. The van der Waals surface area contributed by atoms with E-state index in [-0.39, 0.29) is 18.1 Å². The van der Waals surface area contributed by atoms with Crippen molar-refractivity contribution in [3.05, 3.63) is 76.1 Å². The van der Waals surface area contributed by atoms with Gasteiger partial charge in [-0.1, -0.05) is 36.8 Å². The third kappa shape index (κ3) is 4.97. The molecule has 2 aromatic carbocycles. The zero-order chi connectivity index (χ0) is 21.8. The molecular weight excluding hydrogens is 388 g/mol. The van der Waals surface area contributed by atoms with E-state index in [1.807, 2.05) is 55.5 Å². The first-order valence-electron chi connectivity index (χ1n) is 11.0. The number of carbonyl (C=O) groups is 1. The molecule has 3 aromatic rings. The summed E-state index contributed by atoms with van der Waals surface area (Å²) in [5.74, 6) is 0. The van der Waals surface area contributed by atoms with Gasteiger partial charge in [0.2, 0.25) is 0 Å². The molecule has 0 saturated carbocycles. The number of likely N-dealkylation sites (tertiary alicyclic amines) is 1. The third-order valence-corrected chi connectivity index (χ3v) is 6.09. The Morgan fingerprint density at radius 1 is 1.19 bits per heavy atom. The predicted molar refractivity (Wildman–Crippen MR) is 125 cm³/mol. The number of urea groups is 1. The van der Waals surface area contributed by atoms with Crippen molar-refractivity contribution in [3.8, 4) is 0 Å². The molecule has 4 rings (SSSR count). The van der Waals surface area contributed by atoms with Crippen molar-refractivity contribution in [1.82, 2.24) is 14.8 Å². The van der Waals surface area contributed by atoms with Gasteiger partial charge in [-0.2, -0.15) is 0 Å². The van der Waals surface area contributed by atoms with Crippen molar-refractivity contribution >= 4 is 22.6 Å². The van der Waals surface area contributed by atoms with E-state index in [9.17, 15) is 9.59 Å². The standard InChI is InChI=1S/C25H30N4O2/c1-3-28-13-7-10-22(28)17-29(25(31)26-21-8-5-4-6-9-21)16-20-15-19-14-18(2)11-12-23(19)27-24(20)30/h4-6,8-9,11-12,14-15,22H,3,7,10,13,16-17H2,1-2H3,(H,26,31)(H,27,30)/t22-/m0/s1. The Labute approximate surface area is 182 Å². The minimum atomic E-state index is -0.183. The number of rotatable bonds is 6. The maximum Gasteiger partial charge on any atom is 0.322 e. The summed E-state index contributed by atoms with van der Waals surface area (Å²) in [5.41, 5.74) is 3.15. The SMILES string of the molecule is CCN1CCC[C@H]1CN(Cc1cc2cc(C)ccc2[nH]c1=O)C(=O)Nc1ccccc1. The van der Waals surface area contributed by atoms with Gasteiger partial charge in [0.1, 0.15) is 0 Å². The second-order valence-electron chi connectivity index (χ2n) is 8.32. The Morgan fingerprint density at radius 3 is 2.77 bits per heavy atom. The molecule has 1 fully saturated rings. The third-order valence-electron chi connectivity index (χ3n) is 6.09. The minimum absolute atomic E-state index is 0.146. The number of hydrogen-bond acceptors (Lipinski definition) is 3. The molecule has 0 aliphatic carbocycles. The number of nitrogens with zero attached hydrogens (tertiary/aromatic N) is 2. The Morgan fingerprint density at radius 2 is 2.00 bits per heavy atom. The molecule has 31 heavy (non-hydrogen) atoms. The Kier molecular flexibility index (Phi) is 6.37. The highest BCUT2D eigenvalue weighted by Gasteiger charge is 2.27. The fourth-order valence-electron chi connectivity index (χ4n) is 4.41. The number of amides is 2. The number of H-pyrrole nitrogens is 1. The summed E-state index contributed by atoms with van der Waals surface area (Å²) in [7, 11) is 0. The maximum absolute atomic E-state index is 13.2. The van der Waals surface area contributed by atoms with E-state index >= 15 is 0 Å². The molecule has 6 heteroatoms. The summed E-state index contributed by atoms with van der Waals surface area (Å²) in [4.78, 5) is 33.1. The van der Waals surface area contributed by atoms with Crippen LogP contribution in [-0.4, -0.2) is 46.5 Å². The van der Waals surface area contributed by atoms with Crippen LogP contribution in [0.2, 0.25) is 0 Å². The molecule has 1 aliphatic rings. The molecule has 0 radical (unpaired) electrons. The molecule has 2 amide bonds. The van der Waals surface area contributed by atoms with Crippen LogP contribution in [0.15, 0.2) is 59.4 Å². The van der Waals surface area contributed by atoms with Crippen LogP contribution >= 0.6 is 0 Å². The van der Waals surface area contributed by atoms with Gasteiger partial charge >= 0.3 is 6.03 Å². The number of fused-ring (bicyclic) bond motifs is 1. The van der Waals surface area contributed by atoms with Gasteiger partial charge in [0.25, 0.3) is 5.56 Å². The highest BCUT2D eigenvalue weighted by Crippen LogP contribution is 2.20. The number of likely N-dealkylation sites (N-methyl/N-ethyl adjacent to an activating group) is 1. The molecule has 2 heterocycles. The van der Waals surface area contributed by atoms with Gasteiger partial charge in [-0.05, 0) is 68.6 Å². The number of aromatic amines is 1. The van der Waals surface area contributed by atoms with E-state index in [0.29, 0.717) is 18.2 Å². The molecule has 1 aromatic heterocycles. The van der Waals surface area contributed by atoms with Gasteiger partial charge < -0.3 is 15.2 Å². The number of nitrogens with one attached hydrogen (secondary N) is 2. The van der Waals surface area contributed by atoms with Gasteiger partial charge in [-0.15, -0.1) is 0 Å². The monoisotopic (exact) mass is 418 g/mol. The topological polar surface area (TPSA) is 68.4 Å². The largest absolute Gasteiger partial charge is 0.322 e. The fourth-order valence-corrected chi connectivity index (χ4v) is 4.41. The lowest BCUT2D eigenvalue weighted by Crippen LogP contribution is -2.45. The lowest BCUT2D eigenvalue weighted by atomic mass is 10.1. The van der Waals surface area contributed by atoms with Gasteiger partial charge in [-0.25, -0.2) is 4.79 Å². The second kappa shape index (κ2) is 9.35. The molecule has 2 N–H and O–H groups in total. The van der Waals surface area contributed by atoms with Crippen LogP contribution in [-0.2, 0) is 6.54 Å². The summed E-state index contributed by atoms with van der Waals surface area (Å²) < 4.78 is 0. The zero-order valence-electron chi connectivity index (χ0n) is 18.2. The summed E-state index contributed by atoms with van der Waals surface area (Å²) in [5, 5.41) is 3.97. The van der Waals surface area contributed by atoms with E-state index in [0.717, 1.165) is 48.1 Å². The molecule has 162 valence electrons. The molecule has 6 nitrogen and oxygen atoms in total. The molecule has 1 atom stereocenters. The fraction of sp³-hybridized carbons (Fsp3) is 0.360. The van der Waals surface area contributed by atoms with Crippen molar-refractivity contribution in [2.75, 3.05) is 25.0 Å². The minimum Gasteiger partial charge on any atom is -0.322 e. The van der Waals surface area contributed by atoms with Gasteiger partial charge in [-0.3, -0.25) is 9.69 Å².